The summed E-state index contributed by atoms with van der Waals surface area (Å²) in [5, 5.41) is 20.9. The van der Waals surface area contributed by atoms with E-state index in [4.69, 9.17) is 0 Å². The molecule has 0 radical (unpaired) electrons. The van der Waals surface area contributed by atoms with E-state index in [0.717, 1.165) is 24.1 Å². The molecule has 0 aromatic heterocycles. The summed E-state index contributed by atoms with van der Waals surface area (Å²) in [7, 11) is 0. The van der Waals surface area contributed by atoms with Crippen molar-refractivity contribution in [1.29, 1.82) is 0 Å². The average molecular weight is 278 g/mol. The number of aryl methyl sites for hydroxylation is 1. The second kappa shape index (κ2) is 5.89. The lowest BCUT2D eigenvalue weighted by atomic mass is 9.92. The number of non-ortho nitro benzene ring substituents is 1. The van der Waals surface area contributed by atoms with Crippen molar-refractivity contribution in [1.82, 2.24) is 4.90 Å². The van der Waals surface area contributed by atoms with Crippen LogP contribution in [0.1, 0.15) is 37.4 Å². The Morgan fingerprint density at radius 3 is 2.80 bits per heavy atom. The first-order chi connectivity index (χ1) is 9.40. The second-order valence-corrected chi connectivity index (χ2v) is 5.80. The number of rotatable bonds is 3. The number of aliphatic hydroxyl groups excluding tert-OH is 1. The Labute approximate surface area is 119 Å². The molecule has 5 heteroatoms. The Bertz CT molecular complexity index is 504. The van der Waals surface area contributed by atoms with Crippen LogP contribution in [-0.2, 0) is 0 Å². The SMILES string of the molecule is Cc1ccc([N+](=O)[O-])cc1C(C)N1CCC(C)C(O)C1. The molecule has 1 aliphatic rings. The van der Waals surface area contributed by atoms with Crippen molar-refractivity contribution in [3.63, 3.8) is 0 Å². The van der Waals surface area contributed by atoms with E-state index >= 15 is 0 Å². The molecule has 3 atom stereocenters. The first-order valence-corrected chi connectivity index (χ1v) is 7.07. The maximum absolute atomic E-state index is 10.9. The summed E-state index contributed by atoms with van der Waals surface area (Å²) in [6, 6.07) is 5.08. The molecular weight excluding hydrogens is 256 g/mol. The van der Waals surface area contributed by atoms with Crippen molar-refractivity contribution in [2.24, 2.45) is 5.92 Å². The predicted octanol–water partition coefficient (Wildman–Crippen LogP) is 2.67. The molecule has 110 valence electrons. The number of hydrogen-bond donors (Lipinski definition) is 1. The van der Waals surface area contributed by atoms with E-state index in [2.05, 4.69) is 18.7 Å². The molecule has 0 spiro atoms. The summed E-state index contributed by atoms with van der Waals surface area (Å²) in [6.07, 6.45) is 0.643. The standard InChI is InChI=1S/C15H22N2O3/c1-10-4-5-13(17(19)20)8-14(10)12(3)16-7-6-11(2)15(18)9-16/h4-5,8,11-12,15,18H,6-7,9H2,1-3H3. The Hall–Kier alpha value is -1.46. The number of likely N-dealkylation sites (tertiary alicyclic amines) is 1. The van der Waals surface area contributed by atoms with Crippen LogP contribution in [0.4, 0.5) is 5.69 Å². The smallest absolute Gasteiger partial charge is 0.269 e. The van der Waals surface area contributed by atoms with Crippen LogP contribution in [0.15, 0.2) is 18.2 Å². The monoisotopic (exact) mass is 278 g/mol. The molecule has 0 bridgehead atoms. The van der Waals surface area contributed by atoms with Crippen LogP contribution in [0, 0.1) is 23.0 Å². The van der Waals surface area contributed by atoms with Crippen LogP contribution in [0.25, 0.3) is 0 Å². The second-order valence-electron chi connectivity index (χ2n) is 5.80. The highest BCUT2D eigenvalue weighted by atomic mass is 16.6. The highest BCUT2D eigenvalue weighted by Crippen LogP contribution is 2.30. The summed E-state index contributed by atoms with van der Waals surface area (Å²) < 4.78 is 0. The topological polar surface area (TPSA) is 66.6 Å². The van der Waals surface area contributed by atoms with Gasteiger partial charge in [0.2, 0.25) is 0 Å². The number of nitro groups is 1. The lowest BCUT2D eigenvalue weighted by Gasteiger charge is -2.38. The largest absolute Gasteiger partial charge is 0.392 e. The average Bonchev–Trinajstić information content (AvgIpc) is 2.41. The number of benzene rings is 1. The Kier molecular flexibility index (Phi) is 4.40. The van der Waals surface area contributed by atoms with Gasteiger partial charge in [-0.1, -0.05) is 13.0 Å². The summed E-state index contributed by atoms with van der Waals surface area (Å²) >= 11 is 0. The fourth-order valence-electron chi connectivity index (χ4n) is 2.81. The zero-order valence-corrected chi connectivity index (χ0v) is 12.2. The molecule has 2 rings (SSSR count). The molecule has 1 aromatic rings. The highest BCUT2D eigenvalue weighted by molar-refractivity contribution is 5.40. The molecule has 5 nitrogen and oxygen atoms in total. The number of aliphatic hydroxyl groups is 1. The summed E-state index contributed by atoms with van der Waals surface area (Å²) in [5.74, 6) is 0.324. The van der Waals surface area contributed by atoms with Gasteiger partial charge in [-0.25, -0.2) is 0 Å². The molecule has 1 N–H and O–H groups in total. The van der Waals surface area contributed by atoms with Crippen LogP contribution in [0.5, 0.6) is 0 Å². The van der Waals surface area contributed by atoms with E-state index in [-0.39, 0.29) is 22.8 Å². The van der Waals surface area contributed by atoms with Gasteiger partial charge in [-0.2, -0.15) is 0 Å². The van der Waals surface area contributed by atoms with Gasteiger partial charge in [0.15, 0.2) is 0 Å². The van der Waals surface area contributed by atoms with Gasteiger partial charge < -0.3 is 5.11 Å². The van der Waals surface area contributed by atoms with E-state index < -0.39 is 0 Å². The molecule has 0 saturated carbocycles. The molecule has 1 aliphatic heterocycles. The van der Waals surface area contributed by atoms with Gasteiger partial charge in [0.1, 0.15) is 0 Å². The number of nitro benzene ring substituents is 1. The third-order valence-corrected chi connectivity index (χ3v) is 4.42. The minimum absolute atomic E-state index is 0.0806. The third-order valence-electron chi connectivity index (χ3n) is 4.42. The van der Waals surface area contributed by atoms with Gasteiger partial charge in [-0.05, 0) is 43.9 Å². The summed E-state index contributed by atoms with van der Waals surface area (Å²) in [4.78, 5) is 12.8. The van der Waals surface area contributed by atoms with Gasteiger partial charge in [-0.3, -0.25) is 15.0 Å². The van der Waals surface area contributed by atoms with Crippen LogP contribution in [-0.4, -0.2) is 34.1 Å². The van der Waals surface area contributed by atoms with Crippen molar-refractivity contribution in [2.45, 2.75) is 39.3 Å². The molecule has 1 heterocycles. The van der Waals surface area contributed by atoms with Gasteiger partial charge in [0, 0.05) is 24.7 Å². The molecule has 0 aliphatic carbocycles. The third kappa shape index (κ3) is 2.99. The molecule has 0 amide bonds. The Morgan fingerprint density at radius 2 is 2.20 bits per heavy atom. The van der Waals surface area contributed by atoms with Crippen LogP contribution < -0.4 is 0 Å². The molecule has 1 aromatic carbocycles. The zero-order valence-electron chi connectivity index (χ0n) is 12.2. The van der Waals surface area contributed by atoms with Crippen LogP contribution in [0.3, 0.4) is 0 Å². The highest BCUT2D eigenvalue weighted by Gasteiger charge is 2.28. The molecular formula is C15H22N2O3. The van der Waals surface area contributed by atoms with E-state index in [1.807, 2.05) is 6.92 Å². The quantitative estimate of drug-likeness (QED) is 0.682. The number of piperidine rings is 1. The van der Waals surface area contributed by atoms with E-state index in [1.165, 1.54) is 0 Å². The van der Waals surface area contributed by atoms with Crippen molar-refractivity contribution in [2.75, 3.05) is 13.1 Å². The number of hydrogen-bond acceptors (Lipinski definition) is 4. The van der Waals surface area contributed by atoms with Gasteiger partial charge in [-0.15, -0.1) is 0 Å². The van der Waals surface area contributed by atoms with Crippen molar-refractivity contribution in [3.8, 4) is 0 Å². The molecule has 1 fully saturated rings. The Morgan fingerprint density at radius 1 is 1.50 bits per heavy atom. The predicted molar refractivity (Wildman–Crippen MR) is 77.6 cm³/mol. The van der Waals surface area contributed by atoms with Crippen LogP contribution in [0.2, 0.25) is 0 Å². The fraction of sp³-hybridized carbons (Fsp3) is 0.600. The van der Waals surface area contributed by atoms with E-state index in [0.29, 0.717) is 12.5 Å². The number of β-amino-alcohol motifs (C(OH)–C–C–N with tert-alkyl or cyclic N) is 1. The van der Waals surface area contributed by atoms with Gasteiger partial charge >= 0.3 is 0 Å². The lowest BCUT2D eigenvalue weighted by Crippen LogP contribution is -2.44. The van der Waals surface area contributed by atoms with Crippen molar-refractivity contribution < 1.29 is 10.0 Å². The van der Waals surface area contributed by atoms with E-state index in [9.17, 15) is 15.2 Å². The molecule has 3 unspecified atom stereocenters. The molecule has 20 heavy (non-hydrogen) atoms. The maximum atomic E-state index is 10.9. The normalized spacial score (nSPS) is 25.4. The zero-order chi connectivity index (χ0) is 14.9. The Balaban J connectivity index is 2.22. The van der Waals surface area contributed by atoms with Gasteiger partial charge in [0.25, 0.3) is 5.69 Å². The minimum atomic E-state index is -0.358. The molecule has 1 saturated heterocycles. The van der Waals surface area contributed by atoms with Crippen LogP contribution >= 0.6 is 0 Å². The first kappa shape index (κ1) is 14.9. The van der Waals surface area contributed by atoms with Crippen molar-refractivity contribution >= 4 is 5.69 Å². The van der Waals surface area contributed by atoms with Gasteiger partial charge in [0.05, 0.1) is 11.0 Å². The van der Waals surface area contributed by atoms with Crippen molar-refractivity contribution in [3.05, 3.63) is 39.4 Å². The fourth-order valence-corrected chi connectivity index (χ4v) is 2.81. The summed E-state index contributed by atoms with van der Waals surface area (Å²) in [6.45, 7) is 7.63. The maximum Gasteiger partial charge on any atom is 0.269 e. The summed E-state index contributed by atoms with van der Waals surface area (Å²) in [5.41, 5.74) is 2.15. The van der Waals surface area contributed by atoms with E-state index in [1.54, 1.807) is 18.2 Å². The number of nitrogens with zero attached hydrogens (tertiary/aromatic N) is 2. The minimum Gasteiger partial charge on any atom is -0.392 e. The first-order valence-electron chi connectivity index (χ1n) is 7.07. The lowest BCUT2D eigenvalue weighted by molar-refractivity contribution is -0.385.